The number of hydrogen-bond donors (Lipinski definition) is 1. The third kappa shape index (κ3) is 5.79. The lowest BCUT2D eigenvalue weighted by Crippen LogP contribution is -2.22. The maximum atomic E-state index is 12.1. The van der Waals surface area contributed by atoms with Gasteiger partial charge in [0.15, 0.2) is 6.61 Å². The Morgan fingerprint density at radius 3 is 2.22 bits per heavy atom. The largest absolute Gasteiger partial charge is 0.497 e. The normalized spacial score (nSPS) is 10.1. The van der Waals surface area contributed by atoms with Gasteiger partial charge in [0.2, 0.25) is 0 Å². The Morgan fingerprint density at radius 1 is 0.963 bits per heavy atom. The fourth-order valence-corrected chi connectivity index (χ4v) is 2.48. The molecule has 0 spiro atoms. The highest BCUT2D eigenvalue weighted by molar-refractivity contribution is 6.32. The maximum Gasteiger partial charge on any atom is 0.310 e. The first-order chi connectivity index (χ1) is 13.0. The van der Waals surface area contributed by atoms with Crippen molar-refractivity contribution in [3.05, 3.63) is 47.0 Å². The van der Waals surface area contributed by atoms with Crippen molar-refractivity contribution in [3.8, 4) is 17.2 Å². The highest BCUT2D eigenvalue weighted by Gasteiger charge is 2.14. The average molecular weight is 394 g/mol. The zero-order chi connectivity index (χ0) is 19.8. The van der Waals surface area contributed by atoms with Crippen molar-refractivity contribution < 1.29 is 28.5 Å². The van der Waals surface area contributed by atoms with Crippen LogP contribution in [0.15, 0.2) is 36.4 Å². The van der Waals surface area contributed by atoms with Gasteiger partial charge in [-0.2, -0.15) is 0 Å². The number of rotatable bonds is 8. The molecular weight excluding hydrogens is 374 g/mol. The Morgan fingerprint density at radius 2 is 1.63 bits per heavy atom. The Labute approximate surface area is 162 Å². The van der Waals surface area contributed by atoms with Gasteiger partial charge in [0.25, 0.3) is 5.91 Å². The third-order valence-electron chi connectivity index (χ3n) is 3.62. The number of ether oxygens (including phenoxy) is 4. The van der Waals surface area contributed by atoms with Crippen LogP contribution in [0.5, 0.6) is 17.2 Å². The van der Waals surface area contributed by atoms with Crippen LogP contribution < -0.4 is 19.5 Å². The molecule has 0 atom stereocenters. The molecule has 0 fully saturated rings. The molecule has 2 aromatic rings. The van der Waals surface area contributed by atoms with Gasteiger partial charge in [-0.25, -0.2) is 0 Å². The van der Waals surface area contributed by atoms with Gasteiger partial charge >= 0.3 is 5.97 Å². The van der Waals surface area contributed by atoms with Crippen LogP contribution in [0.1, 0.15) is 5.56 Å². The van der Waals surface area contributed by atoms with E-state index in [9.17, 15) is 9.59 Å². The molecule has 7 nitrogen and oxygen atoms in total. The minimum atomic E-state index is -0.518. The lowest BCUT2D eigenvalue weighted by atomic mass is 10.1. The van der Waals surface area contributed by atoms with E-state index >= 15 is 0 Å². The number of carbonyl (C=O) groups excluding carboxylic acids is 2. The van der Waals surface area contributed by atoms with Gasteiger partial charge in [0, 0.05) is 12.1 Å². The summed E-state index contributed by atoms with van der Waals surface area (Å²) in [5.41, 5.74) is 1.11. The van der Waals surface area contributed by atoms with Crippen molar-refractivity contribution in [3.63, 3.8) is 0 Å². The van der Waals surface area contributed by atoms with Crippen LogP contribution >= 0.6 is 11.6 Å². The minimum absolute atomic E-state index is 0.0510. The first-order valence-corrected chi connectivity index (χ1v) is 8.34. The first-order valence-electron chi connectivity index (χ1n) is 7.96. The minimum Gasteiger partial charge on any atom is -0.497 e. The van der Waals surface area contributed by atoms with E-state index in [0.29, 0.717) is 28.0 Å². The molecule has 0 heterocycles. The van der Waals surface area contributed by atoms with E-state index in [1.165, 1.54) is 26.4 Å². The van der Waals surface area contributed by atoms with Crippen molar-refractivity contribution in [2.24, 2.45) is 0 Å². The molecule has 1 N–H and O–H groups in total. The van der Waals surface area contributed by atoms with E-state index in [1.54, 1.807) is 31.4 Å². The molecule has 0 saturated heterocycles. The van der Waals surface area contributed by atoms with Crippen LogP contribution in [0.3, 0.4) is 0 Å². The van der Waals surface area contributed by atoms with Gasteiger partial charge < -0.3 is 24.3 Å². The Hall–Kier alpha value is -2.93. The van der Waals surface area contributed by atoms with Crippen molar-refractivity contribution in [2.45, 2.75) is 6.42 Å². The maximum absolute atomic E-state index is 12.1. The molecule has 0 unspecified atom stereocenters. The summed E-state index contributed by atoms with van der Waals surface area (Å²) < 4.78 is 20.4. The predicted octanol–water partition coefficient (Wildman–Crippen LogP) is 3.09. The van der Waals surface area contributed by atoms with Crippen LogP contribution in [-0.4, -0.2) is 39.8 Å². The number of anilines is 1. The molecule has 0 aromatic heterocycles. The lowest BCUT2D eigenvalue weighted by Gasteiger charge is -2.13. The van der Waals surface area contributed by atoms with Crippen molar-refractivity contribution in [1.29, 1.82) is 0 Å². The van der Waals surface area contributed by atoms with Crippen LogP contribution in [0.2, 0.25) is 5.02 Å². The molecule has 27 heavy (non-hydrogen) atoms. The van der Waals surface area contributed by atoms with E-state index in [1.807, 2.05) is 0 Å². The number of esters is 1. The van der Waals surface area contributed by atoms with E-state index in [0.717, 1.165) is 5.56 Å². The fourth-order valence-electron chi connectivity index (χ4n) is 2.25. The van der Waals surface area contributed by atoms with E-state index in [4.69, 9.17) is 30.5 Å². The predicted molar refractivity (Wildman–Crippen MR) is 101 cm³/mol. The highest BCUT2D eigenvalue weighted by Crippen LogP contribution is 2.35. The molecule has 0 bridgehead atoms. The first kappa shape index (κ1) is 20.4. The molecule has 0 saturated carbocycles. The van der Waals surface area contributed by atoms with Crippen molar-refractivity contribution in [2.75, 3.05) is 33.3 Å². The van der Waals surface area contributed by atoms with Crippen LogP contribution in [0.4, 0.5) is 5.69 Å². The number of amides is 1. The summed E-state index contributed by atoms with van der Waals surface area (Å²) in [6.45, 7) is -0.427. The molecule has 8 heteroatoms. The number of hydrogen-bond acceptors (Lipinski definition) is 6. The van der Waals surface area contributed by atoms with Gasteiger partial charge in [0.05, 0.1) is 38.5 Å². The Kier molecular flexibility index (Phi) is 7.31. The smallest absolute Gasteiger partial charge is 0.310 e. The SMILES string of the molecule is COc1ccc(CC(=O)OCC(=O)Nc2cc(OC)c(Cl)cc2OC)cc1. The van der Waals surface area contributed by atoms with Gasteiger partial charge in [-0.05, 0) is 17.7 Å². The summed E-state index contributed by atoms with van der Waals surface area (Å²) in [4.78, 5) is 24.0. The Balaban J connectivity index is 1.91. The number of carbonyl (C=O) groups is 2. The standard InChI is InChI=1S/C19H20ClNO6/c1-24-13-6-4-12(5-7-13)8-19(23)27-11-18(22)21-15-10-16(25-2)14(20)9-17(15)26-3/h4-7,9-10H,8,11H2,1-3H3,(H,21,22). The summed E-state index contributed by atoms with van der Waals surface area (Å²) in [7, 11) is 4.47. The zero-order valence-electron chi connectivity index (χ0n) is 15.2. The second-order valence-electron chi connectivity index (χ2n) is 5.42. The molecule has 0 aliphatic carbocycles. The van der Waals surface area contributed by atoms with Gasteiger partial charge in [-0.3, -0.25) is 9.59 Å². The molecule has 0 aliphatic rings. The van der Waals surface area contributed by atoms with Crippen molar-refractivity contribution >= 4 is 29.2 Å². The summed E-state index contributed by atoms with van der Waals surface area (Å²) in [5, 5.41) is 2.95. The molecule has 2 aromatic carbocycles. The van der Waals surface area contributed by atoms with Crippen molar-refractivity contribution in [1.82, 2.24) is 0 Å². The van der Waals surface area contributed by atoms with E-state index in [2.05, 4.69) is 5.32 Å². The fraction of sp³-hybridized carbons (Fsp3) is 0.263. The van der Waals surface area contributed by atoms with Gasteiger partial charge in [-0.15, -0.1) is 0 Å². The summed E-state index contributed by atoms with van der Waals surface area (Å²) in [6.07, 6.45) is 0.0510. The summed E-state index contributed by atoms with van der Waals surface area (Å²) >= 11 is 6.02. The molecule has 2 rings (SSSR count). The van der Waals surface area contributed by atoms with E-state index in [-0.39, 0.29) is 6.42 Å². The summed E-state index contributed by atoms with van der Waals surface area (Å²) in [6, 6.07) is 10.0. The monoisotopic (exact) mass is 393 g/mol. The van der Waals surface area contributed by atoms with Gasteiger partial charge in [0.1, 0.15) is 17.2 Å². The van der Waals surface area contributed by atoms with Gasteiger partial charge in [-0.1, -0.05) is 23.7 Å². The topological polar surface area (TPSA) is 83.1 Å². The Bertz CT molecular complexity index is 807. The molecular formula is C19H20ClNO6. The number of methoxy groups -OCH3 is 3. The van der Waals surface area contributed by atoms with Crippen LogP contribution in [-0.2, 0) is 20.7 Å². The zero-order valence-corrected chi connectivity index (χ0v) is 16.0. The third-order valence-corrected chi connectivity index (χ3v) is 3.92. The van der Waals surface area contributed by atoms with Crippen LogP contribution in [0.25, 0.3) is 0 Å². The number of nitrogens with one attached hydrogen (secondary N) is 1. The molecule has 0 aliphatic heterocycles. The number of halogens is 1. The quantitative estimate of drug-likeness (QED) is 0.694. The van der Waals surface area contributed by atoms with E-state index < -0.39 is 18.5 Å². The molecule has 144 valence electrons. The highest BCUT2D eigenvalue weighted by atomic mass is 35.5. The second kappa shape index (κ2) is 9.68. The number of benzene rings is 2. The molecule has 0 radical (unpaired) electrons. The summed E-state index contributed by atoms with van der Waals surface area (Å²) in [5.74, 6) is 0.401. The molecule has 1 amide bonds. The van der Waals surface area contributed by atoms with Crippen LogP contribution in [0, 0.1) is 0 Å². The average Bonchev–Trinajstić information content (AvgIpc) is 2.68. The second-order valence-corrected chi connectivity index (χ2v) is 5.83. The lowest BCUT2D eigenvalue weighted by molar-refractivity contribution is -0.146.